The Hall–Kier alpha value is -3.40. The van der Waals surface area contributed by atoms with Crippen LogP contribution >= 0.6 is 0 Å². The maximum absolute atomic E-state index is 12.4. The zero-order valence-electron chi connectivity index (χ0n) is 13.2. The van der Waals surface area contributed by atoms with Crippen molar-refractivity contribution in [1.29, 1.82) is 0 Å². The lowest BCUT2D eigenvalue weighted by Gasteiger charge is -2.02. The van der Waals surface area contributed by atoms with Crippen LogP contribution < -0.4 is 0 Å². The van der Waals surface area contributed by atoms with Gasteiger partial charge in [0.2, 0.25) is 0 Å². The molecule has 1 heterocycles. The minimum Gasteiger partial charge on any atom is -0.478 e. The summed E-state index contributed by atoms with van der Waals surface area (Å²) in [4.78, 5) is 23.8. The number of hydrogen-bond donors (Lipinski definition) is 1. The molecule has 122 valence electrons. The monoisotopic (exact) mass is 330 g/mol. The molecule has 0 saturated heterocycles. The molecule has 0 atom stereocenters. The van der Waals surface area contributed by atoms with Crippen molar-refractivity contribution in [2.45, 2.75) is 6.42 Å². The number of carboxylic acid groups (broad SMARTS) is 1. The molecule has 0 unspecified atom stereocenters. The maximum Gasteiger partial charge on any atom is 0.336 e. The fourth-order valence-corrected chi connectivity index (χ4v) is 3.10. The van der Waals surface area contributed by atoms with Gasteiger partial charge in [0.25, 0.3) is 0 Å². The highest BCUT2D eigenvalue weighted by Gasteiger charge is 2.24. The van der Waals surface area contributed by atoms with Gasteiger partial charge in [0, 0.05) is 23.1 Å². The summed E-state index contributed by atoms with van der Waals surface area (Å²) in [6.07, 6.45) is 2.31. The molecule has 3 aromatic rings. The van der Waals surface area contributed by atoms with Crippen LogP contribution in [0.2, 0.25) is 0 Å². The molecule has 0 spiro atoms. The topological polar surface area (TPSA) is 67.5 Å². The van der Waals surface area contributed by atoms with E-state index in [1.54, 1.807) is 36.4 Å². The number of furan rings is 1. The van der Waals surface area contributed by atoms with Crippen molar-refractivity contribution < 1.29 is 19.1 Å². The minimum absolute atomic E-state index is 0.0134. The van der Waals surface area contributed by atoms with Gasteiger partial charge in [-0.25, -0.2) is 4.79 Å². The van der Waals surface area contributed by atoms with Crippen molar-refractivity contribution in [3.63, 3.8) is 0 Å². The van der Waals surface area contributed by atoms with Gasteiger partial charge in [-0.15, -0.1) is 0 Å². The van der Waals surface area contributed by atoms with Crippen LogP contribution in [0.1, 0.15) is 32.0 Å². The van der Waals surface area contributed by atoms with E-state index >= 15 is 0 Å². The molecule has 4 heteroatoms. The van der Waals surface area contributed by atoms with Gasteiger partial charge in [-0.05, 0) is 29.8 Å². The average molecular weight is 330 g/mol. The molecule has 1 aromatic heterocycles. The Bertz CT molecular complexity index is 1020. The quantitative estimate of drug-likeness (QED) is 0.720. The third-order valence-corrected chi connectivity index (χ3v) is 4.30. The molecule has 4 nitrogen and oxygen atoms in total. The minimum atomic E-state index is -1.01. The second-order valence-electron chi connectivity index (χ2n) is 5.89. The van der Waals surface area contributed by atoms with Crippen molar-refractivity contribution in [3.8, 4) is 11.3 Å². The average Bonchev–Trinajstić information content (AvgIpc) is 3.21. The molecule has 0 fully saturated rings. The third kappa shape index (κ3) is 2.68. The largest absolute Gasteiger partial charge is 0.478 e. The van der Waals surface area contributed by atoms with Crippen LogP contribution in [0.5, 0.6) is 0 Å². The molecule has 1 aliphatic carbocycles. The first-order valence-corrected chi connectivity index (χ1v) is 7.89. The number of carboxylic acids is 1. The second kappa shape index (κ2) is 5.91. The smallest absolute Gasteiger partial charge is 0.336 e. The Morgan fingerprint density at radius 3 is 2.44 bits per heavy atom. The summed E-state index contributed by atoms with van der Waals surface area (Å²) in [7, 11) is 0. The maximum atomic E-state index is 12.4. The number of carbonyl (C=O) groups excluding carboxylic acids is 1. The molecule has 0 bridgehead atoms. The van der Waals surface area contributed by atoms with E-state index in [-0.39, 0.29) is 11.3 Å². The highest BCUT2D eigenvalue weighted by atomic mass is 16.4. The first-order valence-electron chi connectivity index (χ1n) is 7.89. The molecule has 4 rings (SSSR count). The SMILES string of the molecule is O=C1/C(=C/c2ccc(-c3ccccc3C(=O)O)o2)Cc2ccccc21. The van der Waals surface area contributed by atoms with Gasteiger partial charge in [-0.2, -0.15) is 0 Å². The Morgan fingerprint density at radius 1 is 0.960 bits per heavy atom. The van der Waals surface area contributed by atoms with E-state index in [0.717, 1.165) is 11.1 Å². The summed E-state index contributed by atoms with van der Waals surface area (Å²) in [6, 6.07) is 17.7. The van der Waals surface area contributed by atoms with Gasteiger partial charge in [0.1, 0.15) is 11.5 Å². The number of fused-ring (bicyclic) bond motifs is 1. The van der Waals surface area contributed by atoms with Crippen molar-refractivity contribution in [3.05, 3.63) is 88.7 Å². The van der Waals surface area contributed by atoms with Crippen LogP contribution in [0, 0.1) is 0 Å². The summed E-state index contributed by atoms with van der Waals surface area (Å²) in [6.45, 7) is 0. The number of ketones is 1. The first kappa shape index (κ1) is 15.1. The zero-order valence-corrected chi connectivity index (χ0v) is 13.2. The standard InChI is InChI=1S/C21H14O4/c22-20-14(11-13-5-1-2-6-16(13)20)12-15-9-10-19(25-15)17-7-3-4-8-18(17)21(23)24/h1-10,12H,11H2,(H,23,24)/b14-12+. The predicted molar refractivity (Wildman–Crippen MR) is 93.6 cm³/mol. The van der Waals surface area contributed by atoms with Gasteiger partial charge in [-0.3, -0.25) is 4.79 Å². The highest BCUT2D eigenvalue weighted by molar-refractivity contribution is 6.15. The molecule has 0 saturated carbocycles. The van der Waals surface area contributed by atoms with E-state index in [0.29, 0.717) is 29.1 Å². The number of Topliss-reactive ketones (excluding diaryl/α,β-unsaturated/α-hetero) is 1. The summed E-state index contributed by atoms with van der Waals surface area (Å²) in [5.41, 5.74) is 3.12. The molecular formula is C21H14O4. The normalized spacial score (nSPS) is 14.7. The van der Waals surface area contributed by atoms with E-state index in [4.69, 9.17) is 4.42 Å². The number of allylic oxidation sites excluding steroid dienone is 1. The summed E-state index contributed by atoms with van der Waals surface area (Å²) in [5, 5.41) is 9.30. The molecule has 0 aliphatic heterocycles. The fourth-order valence-electron chi connectivity index (χ4n) is 3.10. The van der Waals surface area contributed by atoms with E-state index in [2.05, 4.69) is 0 Å². The molecular weight excluding hydrogens is 316 g/mol. The third-order valence-electron chi connectivity index (χ3n) is 4.30. The van der Waals surface area contributed by atoms with Gasteiger partial charge < -0.3 is 9.52 Å². The number of aromatic carboxylic acids is 1. The number of hydrogen-bond acceptors (Lipinski definition) is 3. The van der Waals surface area contributed by atoms with Crippen molar-refractivity contribution in [1.82, 2.24) is 0 Å². The molecule has 25 heavy (non-hydrogen) atoms. The van der Waals surface area contributed by atoms with Gasteiger partial charge >= 0.3 is 5.97 Å². The van der Waals surface area contributed by atoms with Gasteiger partial charge in [-0.1, -0.05) is 42.5 Å². The number of rotatable bonds is 3. The van der Waals surface area contributed by atoms with Crippen LogP contribution in [0.25, 0.3) is 17.4 Å². The number of carbonyl (C=O) groups is 2. The van der Waals surface area contributed by atoms with E-state index in [1.807, 2.05) is 24.3 Å². The number of benzene rings is 2. The van der Waals surface area contributed by atoms with E-state index < -0.39 is 5.97 Å². The molecule has 0 amide bonds. The first-order chi connectivity index (χ1) is 12.1. The van der Waals surface area contributed by atoms with Gasteiger partial charge in [0.05, 0.1) is 5.56 Å². The Kier molecular flexibility index (Phi) is 3.58. The van der Waals surface area contributed by atoms with Crippen molar-refractivity contribution in [2.24, 2.45) is 0 Å². The predicted octanol–water partition coefficient (Wildman–Crippen LogP) is 4.47. The second-order valence-corrected chi connectivity index (χ2v) is 5.89. The van der Waals surface area contributed by atoms with Crippen LogP contribution in [0.3, 0.4) is 0 Å². The molecule has 1 N–H and O–H groups in total. The van der Waals surface area contributed by atoms with Crippen LogP contribution in [-0.4, -0.2) is 16.9 Å². The summed E-state index contributed by atoms with van der Waals surface area (Å²) in [5.74, 6) is 0.00645. The van der Waals surface area contributed by atoms with Crippen LogP contribution in [0.15, 0.2) is 70.7 Å². The molecule has 2 aromatic carbocycles. The van der Waals surface area contributed by atoms with E-state index in [1.165, 1.54) is 6.07 Å². The Balaban J connectivity index is 1.68. The Morgan fingerprint density at radius 2 is 1.68 bits per heavy atom. The van der Waals surface area contributed by atoms with Crippen molar-refractivity contribution >= 4 is 17.8 Å². The summed E-state index contributed by atoms with van der Waals surface area (Å²) < 4.78 is 5.78. The zero-order chi connectivity index (χ0) is 17.4. The van der Waals surface area contributed by atoms with Crippen LogP contribution in [-0.2, 0) is 6.42 Å². The Labute approximate surface area is 144 Å². The summed E-state index contributed by atoms with van der Waals surface area (Å²) >= 11 is 0. The van der Waals surface area contributed by atoms with Crippen LogP contribution in [0.4, 0.5) is 0 Å². The molecule has 0 radical (unpaired) electrons. The van der Waals surface area contributed by atoms with E-state index in [9.17, 15) is 14.7 Å². The lowest BCUT2D eigenvalue weighted by atomic mass is 10.1. The highest BCUT2D eigenvalue weighted by Crippen LogP contribution is 2.30. The molecule has 1 aliphatic rings. The lowest BCUT2D eigenvalue weighted by Crippen LogP contribution is -1.98. The van der Waals surface area contributed by atoms with Gasteiger partial charge in [0.15, 0.2) is 5.78 Å². The fraction of sp³-hybridized carbons (Fsp3) is 0.0476. The van der Waals surface area contributed by atoms with Crippen molar-refractivity contribution in [2.75, 3.05) is 0 Å². The lowest BCUT2D eigenvalue weighted by molar-refractivity contribution is 0.0697.